The highest BCUT2D eigenvalue weighted by Crippen LogP contribution is 2.13. The number of benzene rings is 2. The third kappa shape index (κ3) is 4.73. The molecule has 1 N–H and O–H groups in total. The van der Waals surface area contributed by atoms with Gasteiger partial charge in [0.15, 0.2) is 5.78 Å². The number of nitrogens with one attached hydrogen (secondary N) is 1. The summed E-state index contributed by atoms with van der Waals surface area (Å²) < 4.78 is 13.2. The van der Waals surface area contributed by atoms with Crippen molar-refractivity contribution in [3.05, 3.63) is 65.5 Å². The van der Waals surface area contributed by atoms with E-state index in [-0.39, 0.29) is 23.5 Å². The zero-order valence-corrected chi connectivity index (χ0v) is 14.0. The summed E-state index contributed by atoms with van der Waals surface area (Å²) in [4.78, 5) is 25.4. The first-order chi connectivity index (χ1) is 11.4. The van der Waals surface area contributed by atoms with E-state index in [0.29, 0.717) is 17.8 Å². The van der Waals surface area contributed by atoms with E-state index in [1.54, 1.807) is 37.3 Å². The van der Waals surface area contributed by atoms with Crippen LogP contribution in [-0.4, -0.2) is 29.7 Å². The summed E-state index contributed by atoms with van der Waals surface area (Å²) in [5, 5.41) is 2.82. The fourth-order valence-electron chi connectivity index (χ4n) is 2.30. The maximum absolute atomic E-state index is 13.2. The molecule has 0 bridgehead atoms. The summed E-state index contributed by atoms with van der Waals surface area (Å²) in [6.45, 7) is 3.76. The number of nitrogens with zero attached hydrogens (tertiary/aromatic N) is 1. The summed E-state index contributed by atoms with van der Waals surface area (Å²) in [6, 6.07) is 12.7. The molecule has 0 aliphatic carbocycles. The number of hydrogen-bond acceptors (Lipinski definition) is 3. The molecule has 0 aliphatic heterocycles. The molecule has 4 nitrogen and oxygen atoms in total. The van der Waals surface area contributed by atoms with Crippen molar-refractivity contribution in [1.29, 1.82) is 0 Å². The van der Waals surface area contributed by atoms with Gasteiger partial charge < -0.3 is 5.32 Å². The van der Waals surface area contributed by atoms with E-state index in [9.17, 15) is 14.0 Å². The summed E-state index contributed by atoms with van der Waals surface area (Å²) in [7, 11) is 1.81. The second-order valence-electron chi connectivity index (χ2n) is 5.84. The van der Waals surface area contributed by atoms with Gasteiger partial charge in [0.25, 0.3) is 0 Å². The average Bonchev–Trinajstić information content (AvgIpc) is 2.54. The van der Waals surface area contributed by atoms with Crippen LogP contribution in [0.3, 0.4) is 0 Å². The first kappa shape index (κ1) is 17.8. The lowest BCUT2D eigenvalue weighted by atomic mass is 10.1. The molecule has 0 fully saturated rings. The van der Waals surface area contributed by atoms with Crippen molar-refractivity contribution >= 4 is 17.4 Å². The number of ketones is 1. The molecular weight excluding hydrogens is 307 g/mol. The Labute approximate surface area is 141 Å². The minimum Gasteiger partial charge on any atom is -0.325 e. The Morgan fingerprint density at radius 1 is 1.17 bits per heavy atom. The van der Waals surface area contributed by atoms with Gasteiger partial charge in [-0.05, 0) is 62.9 Å². The van der Waals surface area contributed by atoms with Crippen molar-refractivity contribution in [2.24, 2.45) is 0 Å². The molecule has 5 heteroatoms. The van der Waals surface area contributed by atoms with Crippen LogP contribution in [0.2, 0.25) is 0 Å². The lowest BCUT2D eigenvalue weighted by Crippen LogP contribution is -2.39. The fourth-order valence-corrected chi connectivity index (χ4v) is 2.30. The number of carbonyl (C=O) groups excluding carboxylic acids is 2. The average molecular weight is 328 g/mol. The van der Waals surface area contributed by atoms with E-state index >= 15 is 0 Å². The zero-order valence-electron chi connectivity index (χ0n) is 14.0. The molecular formula is C19H21FN2O2. The molecule has 0 aliphatic rings. The normalized spacial score (nSPS) is 12.0. The van der Waals surface area contributed by atoms with Crippen LogP contribution in [0.5, 0.6) is 0 Å². The molecule has 0 saturated carbocycles. The molecule has 0 aromatic heterocycles. The first-order valence-electron chi connectivity index (χ1n) is 7.73. The Balaban J connectivity index is 1.96. The molecule has 24 heavy (non-hydrogen) atoms. The summed E-state index contributed by atoms with van der Waals surface area (Å²) in [5.41, 5.74) is 2.04. The van der Waals surface area contributed by atoms with Gasteiger partial charge in [-0.3, -0.25) is 14.5 Å². The molecule has 1 amide bonds. The second kappa shape index (κ2) is 7.84. The van der Waals surface area contributed by atoms with Crippen LogP contribution in [0.4, 0.5) is 10.1 Å². The molecule has 0 unspecified atom stereocenters. The number of likely N-dealkylation sites (N-methyl/N-ethyl adjacent to an activating group) is 1. The lowest BCUT2D eigenvalue weighted by molar-refractivity contribution is -0.120. The number of carbonyl (C=O) groups is 2. The first-order valence-corrected chi connectivity index (χ1v) is 7.73. The van der Waals surface area contributed by atoms with Gasteiger partial charge in [0.2, 0.25) is 5.91 Å². The topological polar surface area (TPSA) is 49.4 Å². The van der Waals surface area contributed by atoms with Gasteiger partial charge in [-0.25, -0.2) is 4.39 Å². The second-order valence-corrected chi connectivity index (χ2v) is 5.84. The van der Waals surface area contributed by atoms with Gasteiger partial charge >= 0.3 is 0 Å². The summed E-state index contributed by atoms with van der Waals surface area (Å²) in [6.07, 6.45) is 0. The standard InChI is InChI=1S/C19H21FN2O2/c1-13(22(3)12-15-5-4-6-17(20)11-15)19(24)21-18-9-7-16(8-10-18)14(2)23/h4-11,13H,12H2,1-3H3,(H,21,24)/t13-/m1/s1. The van der Waals surface area contributed by atoms with Gasteiger partial charge in [0.1, 0.15) is 5.82 Å². The van der Waals surface area contributed by atoms with Crippen LogP contribution in [0.1, 0.15) is 29.8 Å². The smallest absolute Gasteiger partial charge is 0.241 e. The van der Waals surface area contributed by atoms with Gasteiger partial charge in [0, 0.05) is 17.8 Å². The van der Waals surface area contributed by atoms with Gasteiger partial charge in [-0.2, -0.15) is 0 Å². The predicted molar refractivity (Wildman–Crippen MR) is 92.4 cm³/mol. The number of rotatable bonds is 6. The highest BCUT2D eigenvalue weighted by Gasteiger charge is 2.18. The highest BCUT2D eigenvalue weighted by atomic mass is 19.1. The third-order valence-electron chi connectivity index (χ3n) is 3.92. The zero-order chi connectivity index (χ0) is 17.7. The van der Waals surface area contributed by atoms with Gasteiger partial charge in [-0.1, -0.05) is 12.1 Å². The third-order valence-corrected chi connectivity index (χ3v) is 3.92. The molecule has 0 heterocycles. The molecule has 0 radical (unpaired) electrons. The SMILES string of the molecule is CC(=O)c1ccc(NC(=O)[C@@H](C)N(C)Cc2cccc(F)c2)cc1. The van der Waals surface area contributed by atoms with Crippen molar-refractivity contribution in [3.8, 4) is 0 Å². The quantitative estimate of drug-likeness (QED) is 0.826. The van der Waals surface area contributed by atoms with Crippen LogP contribution in [0.25, 0.3) is 0 Å². The van der Waals surface area contributed by atoms with Crippen molar-refractivity contribution in [2.45, 2.75) is 26.4 Å². The fraction of sp³-hybridized carbons (Fsp3) is 0.263. The minimum absolute atomic E-state index is 0.0175. The summed E-state index contributed by atoms with van der Waals surface area (Å²) >= 11 is 0. The Kier molecular flexibility index (Phi) is 5.82. The maximum atomic E-state index is 13.2. The van der Waals surface area contributed by atoms with Crippen LogP contribution in [-0.2, 0) is 11.3 Å². The molecule has 126 valence electrons. The predicted octanol–water partition coefficient (Wildman–Crippen LogP) is 3.49. The monoisotopic (exact) mass is 328 g/mol. The number of hydrogen-bond donors (Lipinski definition) is 1. The molecule has 0 spiro atoms. The van der Waals surface area contributed by atoms with E-state index in [0.717, 1.165) is 5.56 Å². The number of Topliss-reactive ketones (excluding diaryl/α,β-unsaturated/α-hetero) is 1. The van der Waals surface area contributed by atoms with Crippen molar-refractivity contribution in [3.63, 3.8) is 0 Å². The molecule has 1 atom stereocenters. The Morgan fingerprint density at radius 3 is 2.42 bits per heavy atom. The lowest BCUT2D eigenvalue weighted by Gasteiger charge is -2.24. The van der Waals surface area contributed by atoms with Gasteiger partial charge in [0.05, 0.1) is 6.04 Å². The summed E-state index contributed by atoms with van der Waals surface area (Å²) in [5.74, 6) is -0.468. The van der Waals surface area contributed by atoms with Crippen LogP contribution in [0.15, 0.2) is 48.5 Å². The molecule has 2 aromatic rings. The van der Waals surface area contributed by atoms with E-state index < -0.39 is 0 Å². The Bertz CT molecular complexity index is 728. The van der Waals surface area contributed by atoms with E-state index in [2.05, 4.69) is 5.32 Å². The maximum Gasteiger partial charge on any atom is 0.241 e. The van der Waals surface area contributed by atoms with Crippen LogP contribution < -0.4 is 5.32 Å². The molecule has 0 saturated heterocycles. The van der Waals surface area contributed by atoms with E-state index in [4.69, 9.17) is 0 Å². The highest BCUT2D eigenvalue weighted by molar-refractivity contribution is 5.96. The van der Waals surface area contributed by atoms with Crippen molar-refractivity contribution in [2.75, 3.05) is 12.4 Å². The number of anilines is 1. The minimum atomic E-state index is -0.388. The van der Waals surface area contributed by atoms with Crippen LogP contribution >= 0.6 is 0 Å². The van der Waals surface area contributed by atoms with Crippen molar-refractivity contribution in [1.82, 2.24) is 4.90 Å². The molecule has 2 aromatic carbocycles. The Morgan fingerprint density at radius 2 is 1.83 bits per heavy atom. The molecule has 2 rings (SSSR count). The van der Waals surface area contributed by atoms with E-state index in [1.807, 2.05) is 18.0 Å². The number of amides is 1. The van der Waals surface area contributed by atoms with Crippen LogP contribution in [0, 0.1) is 5.82 Å². The largest absolute Gasteiger partial charge is 0.325 e. The Hall–Kier alpha value is -2.53. The van der Waals surface area contributed by atoms with E-state index in [1.165, 1.54) is 19.1 Å². The van der Waals surface area contributed by atoms with Gasteiger partial charge in [-0.15, -0.1) is 0 Å². The van der Waals surface area contributed by atoms with Crippen molar-refractivity contribution < 1.29 is 14.0 Å². The number of halogens is 1.